The normalized spacial score (nSPS) is 13.0. The van der Waals surface area contributed by atoms with E-state index in [-0.39, 0.29) is 18.0 Å². The van der Waals surface area contributed by atoms with E-state index >= 15 is 0 Å². The SMILES string of the molecule is Cl.NCCC[C@H](N)c1cc(F)ccc1C(F)(F)F. The molecule has 0 bridgehead atoms. The predicted octanol–water partition coefficient (Wildman–Crippen LogP) is 3.01. The molecule has 0 aromatic heterocycles. The molecule has 0 radical (unpaired) electrons. The molecule has 1 aromatic rings. The Balaban J connectivity index is 0.00000289. The molecule has 104 valence electrons. The van der Waals surface area contributed by atoms with Gasteiger partial charge in [0.15, 0.2) is 0 Å². The van der Waals surface area contributed by atoms with Gasteiger partial charge in [-0.2, -0.15) is 13.2 Å². The first-order valence-corrected chi connectivity index (χ1v) is 5.18. The maximum absolute atomic E-state index is 13.0. The molecule has 0 amide bonds. The number of benzene rings is 1. The minimum atomic E-state index is -4.52. The number of hydrogen-bond donors (Lipinski definition) is 2. The lowest BCUT2D eigenvalue weighted by atomic mass is 9.97. The summed E-state index contributed by atoms with van der Waals surface area (Å²) in [5, 5.41) is 0. The van der Waals surface area contributed by atoms with Crippen LogP contribution in [-0.4, -0.2) is 6.54 Å². The number of alkyl halides is 3. The third-order valence-electron chi connectivity index (χ3n) is 2.44. The first kappa shape index (κ1) is 17.2. The van der Waals surface area contributed by atoms with Crippen molar-refractivity contribution in [3.8, 4) is 0 Å². The third kappa shape index (κ3) is 4.44. The molecule has 0 fully saturated rings. The summed E-state index contributed by atoms with van der Waals surface area (Å²) < 4.78 is 50.9. The molecule has 7 heteroatoms. The van der Waals surface area contributed by atoms with Crippen LogP contribution in [0.3, 0.4) is 0 Å². The van der Waals surface area contributed by atoms with Gasteiger partial charge in [-0.15, -0.1) is 12.4 Å². The van der Waals surface area contributed by atoms with Crippen molar-refractivity contribution in [3.63, 3.8) is 0 Å². The Kier molecular flexibility index (Phi) is 6.59. The molecule has 1 rings (SSSR count). The van der Waals surface area contributed by atoms with Crippen LogP contribution in [0.1, 0.15) is 30.0 Å². The van der Waals surface area contributed by atoms with E-state index in [2.05, 4.69) is 0 Å². The van der Waals surface area contributed by atoms with Gasteiger partial charge in [0.1, 0.15) is 5.82 Å². The molecular weight excluding hydrogens is 272 g/mol. The zero-order valence-corrected chi connectivity index (χ0v) is 10.3. The summed E-state index contributed by atoms with van der Waals surface area (Å²) in [6.07, 6.45) is -3.73. The summed E-state index contributed by atoms with van der Waals surface area (Å²) in [5.41, 5.74) is 9.78. The van der Waals surface area contributed by atoms with Gasteiger partial charge in [-0.25, -0.2) is 4.39 Å². The van der Waals surface area contributed by atoms with Crippen LogP contribution >= 0.6 is 12.4 Å². The van der Waals surface area contributed by atoms with E-state index in [1.807, 2.05) is 0 Å². The van der Waals surface area contributed by atoms with Crippen molar-refractivity contribution in [1.29, 1.82) is 0 Å². The van der Waals surface area contributed by atoms with Crippen LogP contribution in [0.25, 0.3) is 0 Å². The lowest BCUT2D eigenvalue weighted by molar-refractivity contribution is -0.138. The Morgan fingerprint density at radius 2 is 1.83 bits per heavy atom. The number of halogens is 5. The Morgan fingerprint density at radius 3 is 2.33 bits per heavy atom. The summed E-state index contributed by atoms with van der Waals surface area (Å²) in [5.74, 6) is -0.726. The summed E-state index contributed by atoms with van der Waals surface area (Å²) in [7, 11) is 0. The average molecular weight is 287 g/mol. The maximum Gasteiger partial charge on any atom is 0.416 e. The number of nitrogens with two attached hydrogens (primary N) is 2. The number of hydrogen-bond acceptors (Lipinski definition) is 2. The minimum Gasteiger partial charge on any atom is -0.330 e. The topological polar surface area (TPSA) is 52.0 Å². The van der Waals surface area contributed by atoms with Crippen molar-refractivity contribution >= 4 is 12.4 Å². The smallest absolute Gasteiger partial charge is 0.330 e. The van der Waals surface area contributed by atoms with E-state index in [1.165, 1.54) is 0 Å². The number of rotatable bonds is 4. The van der Waals surface area contributed by atoms with Crippen LogP contribution in [-0.2, 0) is 6.18 Å². The molecule has 1 aromatic carbocycles. The highest BCUT2D eigenvalue weighted by Crippen LogP contribution is 2.35. The van der Waals surface area contributed by atoms with Gasteiger partial charge < -0.3 is 11.5 Å². The van der Waals surface area contributed by atoms with Gasteiger partial charge in [0.2, 0.25) is 0 Å². The van der Waals surface area contributed by atoms with E-state index < -0.39 is 23.6 Å². The monoisotopic (exact) mass is 286 g/mol. The van der Waals surface area contributed by atoms with E-state index in [9.17, 15) is 17.6 Å². The van der Waals surface area contributed by atoms with Crippen molar-refractivity contribution < 1.29 is 17.6 Å². The van der Waals surface area contributed by atoms with E-state index in [1.54, 1.807) is 0 Å². The first-order chi connectivity index (χ1) is 7.86. The summed E-state index contributed by atoms with van der Waals surface area (Å²) >= 11 is 0. The Hall–Kier alpha value is -0.850. The average Bonchev–Trinajstić information content (AvgIpc) is 2.24. The summed E-state index contributed by atoms with van der Waals surface area (Å²) in [4.78, 5) is 0. The second-order valence-electron chi connectivity index (χ2n) is 3.77. The Bertz CT molecular complexity index is 382. The molecule has 4 N–H and O–H groups in total. The summed E-state index contributed by atoms with van der Waals surface area (Å²) in [6.45, 7) is 0.338. The predicted molar refractivity (Wildman–Crippen MR) is 63.9 cm³/mol. The van der Waals surface area contributed by atoms with Crippen LogP contribution in [0, 0.1) is 5.82 Å². The van der Waals surface area contributed by atoms with Gasteiger partial charge in [0, 0.05) is 6.04 Å². The molecule has 0 aliphatic rings. The van der Waals surface area contributed by atoms with E-state index in [4.69, 9.17) is 11.5 Å². The van der Waals surface area contributed by atoms with E-state index in [0.717, 1.165) is 12.1 Å². The van der Waals surface area contributed by atoms with Gasteiger partial charge in [-0.05, 0) is 43.1 Å². The molecule has 0 saturated heterocycles. The Labute approximate surface area is 109 Å². The van der Waals surface area contributed by atoms with Crippen molar-refractivity contribution in [2.45, 2.75) is 25.1 Å². The molecule has 0 spiro atoms. The highest BCUT2D eigenvalue weighted by atomic mass is 35.5. The van der Waals surface area contributed by atoms with Crippen LogP contribution < -0.4 is 11.5 Å². The lowest BCUT2D eigenvalue weighted by Gasteiger charge is -2.18. The zero-order valence-electron chi connectivity index (χ0n) is 9.51. The fourth-order valence-electron chi connectivity index (χ4n) is 1.59. The molecule has 0 unspecified atom stereocenters. The Morgan fingerprint density at radius 1 is 1.22 bits per heavy atom. The molecule has 0 aliphatic heterocycles. The van der Waals surface area contributed by atoms with Gasteiger partial charge in [0.25, 0.3) is 0 Å². The second kappa shape index (κ2) is 6.92. The summed E-state index contributed by atoms with van der Waals surface area (Å²) in [6, 6.07) is 1.48. The minimum absolute atomic E-state index is 0. The maximum atomic E-state index is 13.0. The quantitative estimate of drug-likeness (QED) is 0.836. The van der Waals surface area contributed by atoms with Gasteiger partial charge in [-0.1, -0.05) is 0 Å². The molecule has 0 heterocycles. The molecule has 0 aliphatic carbocycles. The molecule has 1 atom stereocenters. The zero-order chi connectivity index (χ0) is 13.1. The van der Waals surface area contributed by atoms with Crippen molar-refractivity contribution in [2.24, 2.45) is 11.5 Å². The highest BCUT2D eigenvalue weighted by molar-refractivity contribution is 5.85. The fraction of sp³-hybridized carbons (Fsp3) is 0.455. The van der Waals surface area contributed by atoms with Crippen LogP contribution in [0.2, 0.25) is 0 Å². The lowest BCUT2D eigenvalue weighted by Crippen LogP contribution is -2.18. The van der Waals surface area contributed by atoms with Gasteiger partial charge in [0.05, 0.1) is 5.56 Å². The highest BCUT2D eigenvalue weighted by Gasteiger charge is 2.34. The van der Waals surface area contributed by atoms with Gasteiger partial charge >= 0.3 is 6.18 Å². The van der Waals surface area contributed by atoms with E-state index in [0.29, 0.717) is 25.5 Å². The fourth-order valence-corrected chi connectivity index (χ4v) is 1.59. The van der Waals surface area contributed by atoms with Crippen LogP contribution in [0.5, 0.6) is 0 Å². The molecule has 2 nitrogen and oxygen atoms in total. The molecule has 18 heavy (non-hydrogen) atoms. The van der Waals surface area contributed by atoms with Gasteiger partial charge in [-0.3, -0.25) is 0 Å². The van der Waals surface area contributed by atoms with Crippen LogP contribution in [0.4, 0.5) is 17.6 Å². The molecule has 0 saturated carbocycles. The standard InChI is InChI=1S/C11H14F4N2.ClH/c12-7-3-4-9(11(13,14)15)8(6-7)10(17)2-1-5-16;/h3-4,6,10H,1-2,5,16-17H2;1H/t10-;/m0./s1. The molecular formula is C11H15ClF4N2. The second-order valence-corrected chi connectivity index (χ2v) is 3.77. The van der Waals surface area contributed by atoms with Crippen LogP contribution in [0.15, 0.2) is 18.2 Å². The largest absolute Gasteiger partial charge is 0.416 e. The first-order valence-electron chi connectivity index (χ1n) is 5.18. The van der Waals surface area contributed by atoms with Crippen molar-refractivity contribution in [2.75, 3.05) is 6.54 Å². The van der Waals surface area contributed by atoms with Crippen molar-refractivity contribution in [3.05, 3.63) is 35.1 Å². The van der Waals surface area contributed by atoms with Crippen molar-refractivity contribution in [1.82, 2.24) is 0 Å². The third-order valence-corrected chi connectivity index (χ3v) is 2.44.